The van der Waals surface area contributed by atoms with E-state index in [1.54, 1.807) is 36.4 Å². The first-order valence-electron chi connectivity index (χ1n) is 4.52. The van der Waals surface area contributed by atoms with Crippen molar-refractivity contribution in [2.45, 2.75) is 0 Å². The molecule has 0 unspecified atom stereocenters. The topological polar surface area (TPSA) is 37.3 Å². The normalized spacial score (nSPS) is 10.9. The molecule has 0 amide bonds. The Kier molecular flexibility index (Phi) is 4.10. The number of carbonyl (C=O) groups excluding carboxylic acids is 1. The van der Waals surface area contributed by atoms with Crippen LogP contribution in [0.5, 0.6) is 5.75 Å². The van der Waals surface area contributed by atoms with Gasteiger partial charge in [-0.15, -0.1) is 0 Å². The number of rotatable bonds is 4. The summed E-state index contributed by atoms with van der Waals surface area (Å²) in [7, 11) is 0. The van der Waals surface area contributed by atoms with Gasteiger partial charge in [-0.3, -0.25) is 4.79 Å². The molecule has 0 aliphatic heterocycles. The lowest BCUT2D eigenvalue weighted by atomic mass is 10.2. The van der Waals surface area contributed by atoms with Gasteiger partial charge in [0.25, 0.3) is 0 Å². The molecule has 0 heterocycles. The Morgan fingerprint density at radius 2 is 1.87 bits per heavy atom. The molecule has 0 aromatic heterocycles. The van der Waals surface area contributed by atoms with E-state index in [1.165, 1.54) is 12.2 Å². The Morgan fingerprint density at radius 3 is 2.47 bits per heavy atom. The van der Waals surface area contributed by atoms with Gasteiger partial charge < -0.3 is 5.11 Å². The van der Waals surface area contributed by atoms with Crippen LogP contribution < -0.4 is 0 Å². The lowest BCUT2D eigenvalue weighted by Crippen LogP contribution is -1.80. The highest BCUT2D eigenvalue weighted by molar-refractivity contribution is 5.98. The first-order chi connectivity index (χ1) is 7.22. The first-order valence-corrected chi connectivity index (χ1v) is 4.52. The molecule has 1 rings (SSSR count). The van der Waals surface area contributed by atoms with Crippen molar-refractivity contribution < 1.29 is 9.90 Å². The highest BCUT2D eigenvalue weighted by atomic mass is 16.3. The molecular formula is C13H12O2. The predicted octanol–water partition coefficient (Wildman–Crippen LogP) is 2.72. The predicted molar refractivity (Wildman–Crippen MR) is 61.5 cm³/mol. The van der Waals surface area contributed by atoms with Gasteiger partial charge in [-0.05, 0) is 29.8 Å². The van der Waals surface area contributed by atoms with Gasteiger partial charge in [0.15, 0.2) is 5.78 Å². The van der Waals surface area contributed by atoms with Gasteiger partial charge in [0.1, 0.15) is 5.75 Å². The van der Waals surface area contributed by atoms with E-state index in [0.29, 0.717) is 0 Å². The van der Waals surface area contributed by atoms with Crippen LogP contribution in [0.4, 0.5) is 0 Å². The molecule has 0 spiro atoms. The summed E-state index contributed by atoms with van der Waals surface area (Å²) in [5.74, 6) is 0.120. The standard InChI is InChI=1S/C13H12O2/c1-2-12(14)6-4-3-5-11-7-9-13(15)10-8-11/h2-10,15H,1H2/b5-3+,6-4+. The minimum atomic E-state index is -0.120. The SMILES string of the molecule is C=CC(=O)/C=C/C=C/c1ccc(O)cc1. The third-order valence-electron chi connectivity index (χ3n) is 1.75. The molecule has 0 aliphatic carbocycles. The van der Waals surface area contributed by atoms with Gasteiger partial charge in [0, 0.05) is 0 Å². The van der Waals surface area contributed by atoms with E-state index in [1.807, 2.05) is 6.08 Å². The quantitative estimate of drug-likeness (QED) is 0.599. The maximum Gasteiger partial charge on any atom is 0.178 e. The number of aromatic hydroxyl groups is 1. The van der Waals surface area contributed by atoms with Crippen LogP contribution in [0.25, 0.3) is 6.08 Å². The van der Waals surface area contributed by atoms with Crippen molar-refractivity contribution in [2.24, 2.45) is 0 Å². The lowest BCUT2D eigenvalue weighted by Gasteiger charge is -1.92. The minimum Gasteiger partial charge on any atom is -0.508 e. The van der Waals surface area contributed by atoms with Gasteiger partial charge >= 0.3 is 0 Å². The second-order valence-electron chi connectivity index (χ2n) is 2.92. The summed E-state index contributed by atoms with van der Waals surface area (Å²) in [6, 6.07) is 6.79. The highest BCUT2D eigenvalue weighted by Gasteiger charge is 1.86. The molecule has 0 radical (unpaired) electrons. The average Bonchev–Trinajstić information content (AvgIpc) is 2.26. The molecule has 2 heteroatoms. The van der Waals surface area contributed by atoms with Crippen LogP contribution in [0.3, 0.4) is 0 Å². The van der Waals surface area contributed by atoms with Crippen molar-refractivity contribution in [1.29, 1.82) is 0 Å². The minimum absolute atomic E-state index is 0.120. The summed E-state index contributed by atoms with van der Waals surface area (Å²) in [5, 5.41) is 9.04. The molecule has 0 saturated heterocycles. The summed E-state index contributed by atoms with van der Waals surface area (Å²) in [4.78, 5) is 10.8. The Morgan fingerprint density at radius 1 is 1.20 bits per heavy atom. The number of phenolic OH excluding ortho intramolecular Hbond substituents is 1. The van der Waals surface area contributed by atoms with E-state index < -0.39 is 0 Å². The molecule has 1 N–H and O–H groups in total. The third-order valence-corrected chi connectivity index (χ3v) is 1.75. The van der Waals surface area contributed by atoms with E-state index >= 15 is 0 Å². The molecule has 0 aliphatic rings. The summed E-state index contributed by atoms with van der Waals surface area (Å²) in [5.41, 5.74) is 0.962. The van der Waals surface area contributed by atoms with E-state index in [-0.39, 0.29) is 11.5 Å². The third kappa shape index (κ3) is 4.09. The van der Waals surface area contributed by atoms with Crippen LogP contribution in [0.2, 0.25) is 0 Å². The van der Waals surface area contributed by atoms with E-state index in [4.69, 9.17) is 5.11 Å². The summed E-state index contributed by atoms with van der Waals surface area (Å²) in [6.45, 7) is 3.35. The van der Waals surface area contributed by atoms with Gasteiger partial charge in [-0.2, -0.15) is 0 Å². The fourth-order valence-electron chi connectivity index (χ4n) is 0.971. The van der Waals surface area contributed by atoms with Gasteiger partial charge in [0.05, 0.1) is 0 Å². The summed E-state index contributed by atoms with van der Waals surface area (Å²) >= 11 is 0. The second kappa shape index (κ2) is 5.60. The fraction of sp³-hybridized carbons (Fsp3) is 0. The van der Waals surface area contributed by atoms with Crippen molar-refractivity contribution in [3.05, 3.63) is 60.7 Å². The smallest absolute Gasteiger partial charge is 0.178 e. The molecule has 0 saturated carbocycles. The Bertz CT molecular complexity index is 397. The Labute approximate surface area is 88.9 Å². The van der Waals surface area contributed by atoms with Gasteiger partial charge in [-0.25, -0.2) is 0 Å². The molecule has 15 heavy (non-hydrogen) atoms. The zero-order chi connectivity index (χ0) is 11.1. The molecule has 0 fully saturated rings. The van der Waals surface area contributed by atoms with E-state index in [2.05, 4.69) is 6.58 Å². The number of allylic oxidation sites excluding steroid dienone is 4. The number of phenols is 1. The largest absolute Gasteiger partial charge is 0.508 e. The average molecular weight is 200 g/mol. The van der Waals surface area contributed by atoms with Crippen molar-refractivity contribution in [2.75, 3.05) is 0 Å². The summed E-state index contributed by atoms with van der Waals surface area (Å²) in [6.07, 6.45) is 7.94. The van der Waals surface area contributed by atoms with Gasteiger partial charge in [0.2, 0.25) is 0 Å². The number of ketones is 1. The van der Waals surface area contributed by atoms with Crippen LogP contribution in [-0.4, -0.2) is 10.9 Å². The van der Waals surface area contributed by atoms with Crippen LogP contribution in [-0.2, 0) is 4.79 Å². The second-order valence-corrected chi connectivity index (χ2v) is 2.92. The first kappa shape index (κ1) is 11.0. The fourth-order valence-corrected chi connectivity index (χ4v) is 0.971. The number of hydrogen-bond donors (Lipinski definition) is 1. The van der Waals surface area contributed by atoms with E-state index in [0.717, 1.165) is 5.56 Å². The van der Waals surface area contributed by atoms with Crippen molar-refractivity contribution in [3.8, 4) is 5.75 Å². The lowest BCUT2D eigenvalue weighted by molar-refractivity contribution is -0.110. The molecule has 1 aromatic carbocycles. The zero-order valence-corrected chi connectivity index (χ0v) is 8.26. The highest BCUT2D eigenvalue weighted by Crippen LogP contribution is 2.10. The molecule has 2 nitrogen and oxygen atoms in total. The van der Waals surface area contributed by atoms with Crippen molar-refractivity contribution >= 4 is 11.9 Å². The van der Waals surface area contributed by atoms with Gasteiger partial charge in [-0.1, -0.05) is 36.9 Å². The number of benzene rings is 1. The molecular weight excluding hydrogens is 188 g/mol. The number of hydrogen-bond acceptors (Lipinski definition) is 2. The van der Waals surface area contributed by atoms with E-state index in [9.17, 15) is 4.79 Å². The molecule has 0 bridgehead atoms. The Balaban J connectivity index is 2.58. The maximum absolute atomic E-state index is 10.8. The van der Waals surface area contributed by atoms with Crippen LogP contribution >= 0.6 is 0 Å². The molecule has 0 atom stereocenters. The van der Waals surface area contributed by atoms with Crippen molar-refractivity contribution in [1.82, 2.24) is 0 Å². The Hall–Kier alpha value is -2.09. The number of carbonyl (C=O) groups is 1. The maximum atomic E-state index is 10.8. The van der Waals surface area contributed by atoms with Crippen LogP contribution in [0.15, 0.2) is 55.1 Å². The molecule has 1 aromatic rings. The molecule has 76 valence electrons. The zero-order valence-electron chi connectivity index (χ0n) is 8.26. The van der Waals surface area contributed by atoms with Crippen molar-refractivity contribution in [3.63, 3.8) is 0 Å². The summed E-state index contributed by atoms with van der Waals surface area (Å²) < 4.78 is 0. The monoisotopic (exact) mass is 200 g/mol. The van der Waals surface area contributed by atoms with Crippen LogP contribution in [0, 0.1) is 0 Å². The van der Waals surface area contributed by atoms with Crippen LogP contribution in [0.1, 0.15) is 5.56 Å².